The molecule has 0 fully saturated rings. The third-order valence-electron chi connectivity index (χ3n) is 3.48. The summed E-state index contributed by atoms with van der Waals surface area (Å²) in [5.41, 5.74) is 2.64. The number of aromatic nitrogens is 2. The molecular formula is C18H16N2O4. The fourth-order valence-electron chi connectivity index (χ4n) is 2.47. The van der Waals surface area contributed by atoms with Crippen molar-refractivity contribution in [3.63, 3.8) is 0 Å². The van der Waals surface area contributed by atoms with Crippen molar-refractivity contribution in [2.24, 2.45) is 0 Å². The van der Waals surface area contributed by atoms with Crippen molar-refractivity contribution in [2.75, 3.05) is 13.2 Å². The van der Waals surface area contributed by atoms with E-state index in [9.17, 15) is 9.59 Å². The van der Waals surface area contributed by atoms with Crippen LogP contribution >= 0.6 is 0 Å². The van der Waals surface area contributed by atoms with Crippen LogP contribution in [0.15, 0.2) is 36.4 Å². The van der Waals surface area contributed by atoms with Gasteiger partial charge in [0.25, 0.3) is 0 Å². The third kappa shape index (κ3) is 2.78. The maximum absolute atomic E-state index is 12.1. The normalized spacial score (nSPS) is 10.8. The van der Waals surface area contributed by atoms with Gasteiger partial charge in [0.05, 0.1) is 35.4 Å². The number of hydrogen-bond acceptors (Lipinski definition) is 6. The highest BCUT2D eigenvalue weighted by Gasteiger charge is 2.17. The lowest BCUT2D eigenvalue weighted by molar-refractivity contribution is 0.0518. The molecule has 0 amide bonds. The van der Waals surface area contributed by atoms with Gasteiger partial charge in [-0.2, -0.15) is 0 Å². The Hall–Kier alpha value is -3.02. The van der Waals surface area contributed by atoms with Crippen LogP contribution in [0.2, 0.25) is 0 Å². The van der Waals surface area contributed by atoms with Gasteiger partial charge >= 0.3 is 11.9 Å². The number of esters is 2. The van der Waals surface area contributed by atoms with Gasteiger partial charge in [-0.15, -0.1) is 0 Å². The Labute approximate surface area is 138 Å². The van der Waals surface area contributed by atoms with E-state index in [1.165, 1.54) is 0 Å². The monoisotopic (exact) mass is 324 g/mol. The fourth-order valence-corrected chi connectivity index (χ4v) is 2.47. The van der Waals surface area contributed by atoms with Crippen molar-refractivity contribution in [3.05, 3.63) is 47.5 Å². The van der Waals surface area contributed by atoms with E-state index >= 15 is 0 Å². The zero-order valence-electron chi connectivity index (χ0n) is 13.4. The van der Waals surface area contributed by atoms with Crippen LogP contribution in [0.25, 0.3) is 22.1 Å². The summed E-state index contributed by atoms with van der Waals surface area (Å²) in [4.78, 5) is 33.2. The SMILES string of the molecule is CCOC(=O)c1cccc2nc3c(C(=O)OCC)cccc3nc12. The van der Waals surface area contributed by atoms with Gasteiger partial charge < -0.3 is 9.47 Å². The molecule has 0 saturated heterocycles. The van der Waals surface area contributed by atoms with Gasteiger partial charge in [-0.1, -0.05) is 12.1 Å². The Morgan fingerprint density at radius 2 is 1.21 bits per heavy atom. The first kappa shape index (κ1) is 15.9. The smallest absolute Gasteiger partial charge is 0.340 e. The van der Waals surface area contributed by atoms with Crippen molar-refractivity contribution in [3.8, 4) is 0 Å². The molecule has 0 N–H and O–H groups in total. The molecule has 122 valence electrons. The van der Waals surface area contributed by atoms with E-state index in [2.05, 4.69) is 9.97 Å². The number of carbonyl (C=O) groups is 2. The lowest BCUT2D eigenvalue weighted by Crippen LogP contribution is -2.08. The zero-order chi connectivity index (χ0) is 17.1. The van der Waals surface area contributed by atoms with Gasteiger partial charge in [-0.25, -0.2) is 19.6 Å². The molecule has 0 spiro atoms. The van der Waals surface area contributed by atoms with E-state index in [0.717, 1.165) is 0 Å². The summed E-state index contributed by atoms with van der Waals surface area (Å²) < 4.78 is 10.1. The number of rotatable bonds is 4. The van der Waals surface area contributed by atoms with Crippen molar-refractivity contribution in [1.29, 1.82) is 0 Å². The van der Waals surface area contributed by atoms with Gasteiger partial charge in [-0.05, 0) is 38.1 Å². The summed E-state index contributed by atoms with van der Waals surface area (Å²) in [5, 5.41) is 0. The van der Waals surface area contributed by atoms with Crippen LogP contribution in [-0.2, 0) is 9.47 Å². The number of para-hydroxylation sites is 2. The molecule has 3 rings (SSSR count). The summed E-state index contributed by atoms with van der Waals surface area (Å²) >= 11 is 0. The van der Waals surface area contributed by atoms with Crippen LogP contribution in [0.1, 0.15) is 34.6 Å². The molecule has 0 radical (unpaired) electrons. The van der Waals surface area contributed by atoms with Gasteiger partial charge in [-0.3, -0.25) is 0 Å². The molecule has 1 heterocycles. The van der Waals surface area contributed by atoms with Crippen molar-refractivity contribution >= 4 is 34.0 Å². The second kappa shape index (κ2) is 6.62. The maximum atomic E-state index is 12.1. The maximum Gasteiger partial charge on any atom is 0.340 e. The third-order valence-corrected chi connectivity index (χ3v) is 3.48. The molecule has 0 saturated carbocycles. The molecule has 6 nitrogen and oxygen atoms in total. The van der Waals surface area contributed by atoms with E-state index < -0.39 is 11.9 Å². The first-order chi connectivity index (χ1) is 11.7. The molecular weight excluding hydrogens is 308 g/mol. The minimum atomic E-state index is -0.446. The second-order valence-corrected chi connectivity index (χ2v) is 5.01. The highest BCUT2D eigenvalue weighted by atomic mass is 16.5. The van der Waals surface area contributed by atoms with E-state index in [1.807, 2.05) is 0 Å². The molecule has 0 aliphatic rings. The topological polar surface area (TPSA) is 78.4 Å². The molecule has 0 bridgehead atoms. The van der Waals surface area contributed by atoms with Gasteiger partial charge in [0.1, 0.15) is 11.0 Å². The Morgan fingerprint density at radius 3 is 1.58 bits per heavy atom. The molecule has 0 aliphatic heterocycles. The van der Waals surface area contributed by atoms with Crippen molar-refractivity contribution in [1.82, 2.24) is 9.97 Å². The van der Waals surface area contributed by atoms with Gasteiger partial charge in [0.2, 0.25) is 0 Å². The lowest BCUT2D eigenvalue weighted by atomic mass is 10.1. The number of carbonyl (C=O) groups excluding carboxylic acids is 2. The Balaban J connectivity index is 2.23. The van der Waals surface area contributed by atoms with E-state index in [0.29, 0.717) is 33.2 Å². The van der Waals surface area contributed by atoms with Crippen LogP contribution in [0.3, 0.4) is 0 Å². The largest absolute Gasteiger partial charge is 0.462 e. The molecule has 6 heteroatoms. The molecule has 0 unspecified atom stereocenters. The van der Waals surface area contributed by atoms with Crippen molar-refractivity contribution in [2.45, 2.75) is 13.8 Å². The predicted octanol–water partition coefficient (Wildman–Crippen LogP) is 3.14. The molecule has 24 heavy (non-hydrogen) atoms. The number of nitrogens with zero attached hydrogens (tertiary/aromatic N) is 2. The number of hydrogen-bond donors (Lipinski definition) is 0. The van der Waals surface area contributed by atoms with Crippen LogP contribution in [0, 0.1) is 0 Å². The average Bonchev–Trinajstić information content (AvgIpc) is 2.59. The summed E-state index contributed by atoms with van der Waals surface area (Å²) in [6.45, 7) is 4.05. The summed E-state index contributed by atoms with van der Waals surface area (Å²) in [6.07, 6.45) is 0. The molecule has 3 aromatic rings. The Morgan fingerprint density at radius 1 is 0.792 bits per heavy atom. The molecule has 2 aromatic carbocycles. The fraction of sp³-hybridized carbons (Fsp3) is 0.222. The molecule has 0 aliphatic carbocycles. The number of ether oxygens (including phenoxy) is 2. The molecule has 0 atom stereocenters. The molecule has 1 aromatic heterocycles. The quantitative estimate of drug-likeness (QED) is 0.542. The van der Waals surface area contributed by atoms with E-state index in [4.69, 9.17) is 9.47 Å². The minimum absolute atomic E-state index is 0.281. The zero-order valence-corrected chi connectivity index (χ0v) is 13.4. The van der Waals surface area contributed by atoms with Crippen LogP contribution < -0.4 is 0 Å². The van der Waals surface area contributed by atoms with Gasteiger partial charge in [0.15, 0.2) is 0 Å². The van der Waals surface area contributed by atoms with E-state index in [1.54, 1.807) is 50.2 Å². The average molecular weight is 324 g/mol. The van der Waals surface area contributed by atoms with Crippen molar-refractivity contribution < 1.29 is 19.1 Å². The predicted molar refractivity (Wildman–Crippen MR) is 89.0 cm³/mol. The first-order valence-corrected chi connectivity index (χ1v) is 7.69. The summed E-state index contributed by atoms with van der Waals surface area (Å²) in [7, 11) is 0. The summed E-state index contributed by atoms with van der Waals surface area (Å²) in [5.74, 6) is -0.892. The number of benzene rings is 2. The first-order valence-electron chi connectivity index (χ1n) is 7.69. The minimum Gasteiger partial charge on any atom is -0.462 e. The second-order valence-electron chi connectivity index (χ2n) is 5.01. The van der Waals surface area contributed by atoms with Gasteiger partial charge in [0, 0.05) is 0 Å². The highest BCUT2D eigenvalue weighted by Crippen LogP contribution is 2.23. The van der Waals surface area contributed by atoms with Crippen LogP contribution in [-0.4, -0.2) is 35.1 Å². The lowest BCUT2D eigenvalue weighted by Gasteiger charge is -2.08. The van der Waals surface area contributed by atoms with Crippen LogP contribution in [0.5, 0.6) is 0 Å². The van der Waals surface area contributed by atoms with Crippen LogP contribution in [0.4, 0.5) is 0 Å². The summed E-state index contributed by atoms with van der Waals surface area (Å²) in [6, 6.07) is 10.2. The Bertz CT molecular complexity index is 859. The Kier molecular flexibility index (Phi) is 4.37. The van der Waals surface area contributed by atoms with E-state index in [-0.39, 0.29) is 13.2 Å². The number of fused-ring (bicyclic) bond motifs is 2. The highest BCUT2D eigenvalue weighted by molar-refractivity contribution is 6.06. The standard InChI is InChI=1S/C18H16N2O4/c1-3-23-17(21)11-7-5-9-13-15(11)19-14-10-6-8-12(16(14)20-13)18(22)24-4-2/h5-10H,3-4H2,1-2H3.